The molecule has 0 fully saturated rings. The average Bonchev–Trinajstić information content (AvgIpc) is 2.82. The van der Waals surface area contributed by atoms with Crippen LogP contribution < -0.4 is 10.2 Å². The van der Waals surface area contributed by atoms with Crippen LogP contribution in [0.4, 0.5) is 11.8 Å². The maximum absolute atomic E-state index is 6.08. The van der Waals surface area contributed by atoms with Crippen molar-refractivity contribution in [2.75, 3.05) is 24.3 Å². The Kier molecular flexibility index (Phi) is 3.75. The molecule has 5 nitrogen and oxygen atoms in total. The van der Waals surface area contributed by atoms with Gasteiger partial charge in [0.25, 0.3) is 0 Å². The number of nitrogens with zero attached hydrogens (tertiary/aromatic N) is 4. The SMILES string of the molecule is CNc1ncc(Cl)c(N(C)Cc2cscn2)n1. The molecule has 2 rings (SSSR count). The molecule has 0 saturated carbocycles. The largest absolute Gasteiger partial charge is 0.357 e. The zero-order valence-electron chi connectivity index (χ0n) is 9.51. The first-order valence-electron chi connectivity index (χ1n) is 4.99. The van der Waals surface area contributed by atoms with E-state index in [-0.39, 0.29) is 0 Å². The summed E-state index contributed by atoms with van der Waals surface area (Å²) < 4.78 is 0. The zero-order valence-corrected chi connectivity index (χ0v) is 11.1. The van der Waals surface area contributed by atoms with E-state index in [1.165, 1.54) is 0 Å². The molecule has 90 valence electrons. The van der Waals surface area contributed by atoms with Gasteiger partial charge in [-0.05, 0) is 0 Å². The fourth-order valence-electron chi connectivity index (χ4n) is 1.38. The molecule has 0 saturated heterocycles. The predicted molar refractivity (Wildman–Crippen MR) is 70.8 cm³/mol. The first-order chi connectivity index (χ1) is 8.20. The highest BCUT2D eigenvalue weighted by atomic mass is 35.5. The lowest BCUT2D eigenvalue weighted by Crippen LogP contribution is -2.19. The highest BCUT2D eigenvalue weighted by Gasteiger charge is 2.11. The third kappa shape index (κ3) is 2.83. The summed E-state index contributed by atoms with van der Waals surface area (Å²) in [5.74, 6) is 1.24. The standard InChI is InChI=1S/C10H12ClN5S/c1-12-10-13-3-8(11)9(15-10)16(2)4-7-5-17-6-14-7/h3,5-6H,4H2,1-2H3,(H,12,13,15). The second kappa shape index (κ2) is 5.29. The molecular formula is C10H12ClN5S. The first kappa shape index (κ1) is 12.1. The summed E-state index contributed by atoms with van der Waals surface area (Å²) in [5.41, 5.74) is 2.81. The van der Waals surface area contributed by atoms with Crippen molar-refractivity contribution in [1.82, 2.24) is 15.0 Å². The minimum absolute atomic E-state index is 0.529. The highest BCUT2D eigenvalue weighted by Crippen LogP contribution is 2.23. The molecule has 0 spiro atoms. The van der Waals surface area contributed by atoms with Gasteiger partial charge in [0, 0.05) is 19.5 Å². The van der Waals surface area contributed by atoms with E-state index >= 15 is 0 Å². The van der Waals surface area contributed by atoms with Gasteiger partial charge in [0.1, 0.15) is 5.02 Å². The van der Waals surface area contributed by atoms with Crippen molar-refractivity contribution in [2.45, 2.75) is 6.54 Å². The first-order valence-corrected chi connectivity index (χ1v) is 6.31. The third-order valence-corrected chi connectivity index (χ3v) is 3.10. The van der Waals surface area contributed by atoms with E-state index in [0.717, 1.165) is 5.69 Å². The third-order valence-electron chi connectivity index (χ3n) is 2.19. The second-order valence-corrected chi connectivity index (χ2v) is 4.58. The monoisotopic (exact) mass is 269 g/mol. The summed E-state index contributed by atoms with van der Waals surface area (Å²) in [5, 5.41) is 5.42. The molecule has 0 amide bonds. The summed E-state index contributed by atoms with van der Waals surface area (Å²) >= 11 is 7.65. The minimum Gasteiger partial charge on any atom is -0.357 e. The molecule has 0 atom stereocenters. The Labute approximate surface area is 108 Å². The van der Waals surface area contributed by atoms with Crippen molar-refractivity contribution in [3.8, 4) is 0 Å². The van der Waals surface area contributed by atoms with Gasteiger partial charge in [-0.15, -0.1) is 11.3 Å². The van der Waals surface area contributed by atoms with E-state index in [1.54, 1.807) is 24.6 Å². The zero-order chi connectivity index (χ0) is 12.3. The molecule has 17 heavy (non-hydrogen) atoms. The van der Waals surface area contributed by atoms with Gasteiger partial charge in [-0.2, -0.15) is 4.98 Å². The van der Waals surface area contributed by atoms with E-state index in [4.69, 9.17) is 11.6 Å². The van der Waals surface area contributed by atoms with Gasteiger partial charge in [0.2, 0.25) is 5.95 Å². The highest BCUT2D eigenvalue weighted by molar-refractivity contribution is 7.07. The number of hydrogen-bond acceptors (Lipinski definition) is 6. The van der Waals surface area contributed by atoms with Crippen LogP contribution in [0.3, 0.4) is 0 Å². The normalized spacial score (nSPS) is 10.3. The lowest BCUT2D eigenvalue weighted by Gasteiger charge is -2.18. The van der Waals surface area contributed by atoms with E-state index < -0.39 is 0 Å². The number of aromatic nitrogens is 3. The van der Waals surface area contributed by atoms with Crippen LogP contribution in [-0.2, 0) is 6.54 Å². The van der Waals surface area contributed by atoms with Crippen LogP contribution >= 0.6 is 22.9 Å². The van der Waals surface area contributed by atoms with Crippen LogP contribution in [0.1, 0.15) is 5.69 Å². The molecule has 0 aromatic carbocycles. The van der Waals surface area contributed by atoms with Crippen LogP contribution in [0.2, 0.25) is 5.02 Å². The van der Waals surface area contributed by atoms with Gasteiger partial charge in [-0.25, -0.2) is 9.97 Å². The summed E-state index contributed by atoms with van der Waals surface area (Å²) in [4.78, 5) is 14.5. The topological polar surface area (TPSA) is 53.9 Å². The van der Waals surface area contributed by atoms with E-state index in [2.05, 4.69) is 20.3 Å². The molecule has 2 aromatic heterocycles. The van der Waals surface area contributed by atoms with Crippen molar-refractivity contribution < 1.29 is 0 Å². The molecule has 0 aliphatic rings. The Morgan fingerprint density at radius 2 is 2.29 bits per heavy atom. The molecule has 0 radical (unpaired) electrons. The molecule has 2 aromatic rings. The van der Waals surface area contributed by atoms with Crippen molar-refractivity contribution in [1.29, 1.82) is 0 Å². The number of anilines is 2. The van der Waals surface area contributed by atoms with Crippen LogP contribution in [-0.4, -0.2) is 29.0 Å². The number of thiazole rings is 1. The van der Waals surface area contributed by atoms with Crippen molar-refractivity contribution in [3.63, 3.8) is 0 Å². The van der Waals surface area contributed by atoms with Gasteiger partial charge in [0.15, 0.2) is 5.82 Å². The fourth-order valence-corrected chi connectivity index (χ4v) is 2.16. The van der Waals surface area contributed by atoms with Crippen molar-refractivity contribution in [2.24, 2.45) is 0 Å². The van der Waals surface area contributed by atoms with Crippen LogP contribution in [0.5, 0.6) is 0 Å². The predicted octanol–water partition coefficient (Wildman–Crippen LogP) is 2.26. The summed E-state index contributed by atoms with van der Waals surface area (Å²) in [6, 6.07) is 0. The van der Waals surface area contributed by atoms with E-state index in [9.17, 15) is 0 Å². The summed E-state index contributed by atoms with van der Waals surface area (Å²) in [6.07, 6.45) is 1.59. The van der Waals surface area contributed by atoms with Crippen LogP contribution in [0.15, 0.2) is 17.1 Å². The molecule has 0 aliphatic carbocycles. The number of hydrogen-bond donors (Lipinski definition) is 1. The van der Waals surface area contributed by atoms with Crippen LogP contribution in [0, 0.1) is 0 Å². The maximum Gasteiger partial charge on any atom is 0.224 e. The quantitative estimate of drug-likeness (QED) is 0.923. The number of rotatable bonds is 4. The molecular weight excluding hydrogens is 258 g/mol. The van der Waals surface area contributed by atoms with Crippen molar-refractivity contribution in [3.05, 3.63) is 27.8 Å². The van der Waals surface area contributed by atoms with Gasteiger partial charge in [-0.1, -0.05) is 11.6 Å². The average molecular weight is 270 g/mol. The second-order valence-electron chi connectivity index (χ2n) is 3.45. The Hall–Kier alpha value is -1.40. The Morgan fingerprint density at radius 1 is 1.47 bits per heavy atom. The lowest BCUT2D eigenvalue weighted by molar-refractivity contribution is 0.870. The maximum atomic E-state index is 6.08. The van der Waals surface area contributed by atoms with Gasteiger partial charge >= 0.3 is 0 Å². The smallest absolute Gasteiger partial charge is 0.224 e. The fraction of sp³-hybridized carbons (Fsp3) is 0.300. The van der Waals surface area contributed by atoms with E-state index in [1.807, 2.05) is 22.8 Å². The number of halogens is 1. The molecule has 1 N–H and O–H groups in total. The van der Waals surface area contributed by atoms with Gasteiger partial charge < -0.3 is 10.2 Å². The molecule has 0 unspecified atom stereocenters. The Balaban J connectivity index is 2.20. The lowest BCUT2D eigenvalue weighted by atomic mass is 10.4. The molecule has 2 heterocycles. The summed E-state index contributed by atoms with van der Waals surface area (Å²) in [7, 11) is 3.69. The van der Waals surface area contributed by atoms with Crippen LogP contribution in [0.25, 0.3) is 0 Å². The van der Waals surface area contributed by atoms with Gasteiger partial charge in [0.05, 0.1) is 23.9 Å². The summed E-state index contributed by atoms with van der Waals surface area (Å²) in [6.45, 7) is 0.670. The van der Waals surface area contributed by atoms with Crippen molar-refractivity contribution >= 4 is 34.7 Å². The minimum atomic E-state index is 0.529. The Morgan fingerprint density at radius 3 is 2.94 bits per heavy atom. The number of nitrogens with one attached hydrogen (secondary N) is 1. The van der Waals surface area contributed by atoms with E-state index in [0.29, 0.717) is 23.3 Å². The molecule has 0 bridgehead atoms. The molecule has 0 aliphatic heterocycles. The Bertz CT molecular complexity index is 487. The van der Waals surface area contributed by atoms with Gasteiger partial charge in [-0.3, -0.25) is 0 Å². The molecule has 7 heteroatoms.